The van der Waals surface area contributed by atoms with E-state index in [0.717, 1.165) is 18.6 Å². The quantitative estimate of drug-likeness (QED) is 0.870. The summed E-state index contributed by atoms with van der Waals surface area (Å²) in [5.41, 5.74) is 0.223. The van der Waals surface area contributed by atoms with E-state index in [1.54, 1.807) is 0 Å². The van der Waals surface area contributed by atoms with Crippen LogP contribution in [0.3, 0.4) is 0 Å². The summed E-state index contributed by atoms with van der Waals surface area (Å²) in [4.78, 5) is 11.0. The zero-order valence-electron chi connectivity index (χ0n) is 9.48. The largest absolute Gasteiger partial charge is 0.326 e. The number of amides is 1. The molecule has 2 unspecified atom stereocenters. The fourth-order valence-electron chi connectivity index (χ4n) is 1.70. The molecule has 2 atom stereocenters. The van der Waals surface area contributed by atoms with Crippen molar-refractivity contribution in [2.24, 2.45) is 11.8 Å². The number of carbonyl (C=O) groups excluding carboxylic acids is 1. The van der Waals surface area contributed by atoms with Crippen molar-refractivity contribution in [3.05, 3.63) is 24.0 Å². The van der Waals surface area contributed by atoms with Crippen molar-refractivity contribution in [2.45, 2.75) is 18.2 Å². The lowest BCUT2D eigenvalue weighted by Crippen LogP contribution is -2.14. The first-order valence-electron chi connectivity index (χ1n) is 5.34. The van der Waals surface area contributed by atoms with Crippen molar-refractivity contribution in [1.29, 1.82) is 0 Å². The molecule has 1 aromatic rings. The van der Waals surface area contributed by atoms with Crippen LogP contribution in [0.2, 0.25) is 0 Å². The summed E-state index contributed by atoms with van der Waals surface area (Å²) in [5.74, 6) is -0.850. The maximum Gasteiger partial charge on any atom is 0.264 e. The normalized spacial score (nSPS) is 22.6. The van der Waals surface area contributed by atoms with E-state index >= 15 is 0 Å². The van der Waals surface area contributed by atoms with Crippen LogP contribution < -0.4 is 5.32 Å². The summed E-state index contributed by atoms with van der Waals surface area (Å²) in [6.07, 6.45) is 0.822. The third kappa shape index (κ3) is 2.81. The van der Waals surface area contributed by atoms with E-state index < -0.39 is 19.8 Å². The van der Waals surface area contributed by atoms with Crippen molar-refractivity contribution < 1.29 is 17.6 Å². The van der Waals surface area contributed by atoms with Crippen LogP contribution in [0.15, 0.2) is 23.1 Å². The van der Waals surface area contributed by atoms with Gasteiger partial charge in [0.15, 0.2) is 0 Å². The van der Waals surface area contributed by atoms with Crippen LogP contribution in [0.1, 0.15) is 13.3 Å². The van der Waals surface area contributed by atoms with Gasteiger partial charge in [-0.05, 0) is 30.5 Å². The Morgan fingerprint density at radius 1 is 1.50 bits per heavy atom. The van der Waals surface area contributed by atoms with Gasteiger partial charge in [0.2, 0.25) is 5.91 Å². The van der Waals surface area contributed by atoms with Crippen molar-refractivity contribution in [1.82, 2.24) is 0 Å². The Kier molecular flexibility index (Phi) is 3.33. The van der Waals surface area contributed by atoms with E-state index in [-0.39, 0.29) is 17.5 Å². The van der Waals surface area contributed by atoms with Crippen molar-refractivity contribution in [3.8, 4) is 0 Å². The van der Waals surface area contributed by atoms with Gasteiger partial charge in [-0.3, -0.25) is 4.79 Å². The highest BCUT2D eigenvalue weighted by Gasteiger charge is 2.39. The maximum absolute atomic E-state index is 13.5. The molecule has 1 fully saturated rings. The molecule has 0 saturated heterocycles. The van der Waals surface area contributed by atoms with Crippen LogP contribution in [-0.4, -0.2) is 14.3 Å². The molecule has 0 aliphatic heterocycles. The van der Waals surface area contributed by atoms with Gasteiger partial charge in [0.05, 0.1) is 0 Å². The molecule has 18 heavy (non-hydrogen) atoms. The molecule has 1 aromatic carbocycles. The number of anilines is 1. The fraction of sp³-hybridized carbons (Fsp3) is 0.364. The Balaban J connectivity index is 2.17. The predicted molar refractivity (Wildman–Crippen MR) is 65.3 cm³/mol. The lowest BCUT2D eigenvalue weighted by Gasteiger charge is -2.06. The fourth-order valence-corrected chi connectivity index (χ4v) is 2.60. The zero-order valence-corrected chi connectivity index (χ0v) is 11.1. The summed E-state index contributed by atoms with van der Waals surface area (Å²) >= 11 is 0. The molecule has 0 aromatic heterocycles. The first-order chi connectivity index (χ1) is 8.29. The molecular weight excluding hydrogens is 281 g/mol. The van der Waals surface area contributed by atoms with E-state index in [1.807, 2.05) is 6.92 Å². The van der Waals surface area contributed by atoms with Gasteiger partial charge in [-0.1, -0.05) is 6.92 Å². The van der Waals surface area contributed by atoms with Gasteiger partial charge in [-0.2, -0.15) is 0 Å². The number of rotatable bonds is 3. The first kappa shape index (κ1) is 13.3. The third-order valence-corrected chi connectivity index (χ3v) is 4.26. The van der Waals surface area contributed by atoms with Crippen LogP contribution in [-0.2, 0) is 13.8 Å². The molecule has 1 N–H and O–H groups in total. The second-order valence-corrected chi connectivity index (χ2v) is 6.93. The second-order valence-electron chi connectivity index (χ2n) is 4.39. The maximum atomic E-state index is 13.5. The highest BCUT2D eigenvalue weighted by molar-refractivity contribution is 8.13. The Morgan fingerprint density at radius 2 is 2.11 bits per heavy atom. The van der Waals surface area contributed by atoms with Crippen LogP contribution in [0.4, 0.5) is 10.1 Å². The minimum Gasteiger partial charge on any atom is -0.326 e. The molecule has 0 bridgehead atoms. The van der Waals surface area contributed by atoms with Gasteiger partial charge in [0.25, 0.3) is 9.05 Å². The summed E-state index contributed by atoms with van der Waals surface area (Å²) in [5, 5.41) is 2.54. The zero-order chi connectivity index (χ0) is 13.5. The Labute approximate surface area is 109 Å². The summed E-state index contributed by atoms with van der Waals surface area (Å²) in [6.45, 7) is 1.95. The summed E-state index contributed by atoms with van der Waals surface area (Å²) in [7, 11) is 0.939. The molecule has 1 saturated carbocycles. The Bertz CT molecular complexity index is 602. The van der Waals surface area contributed by atoms with Crippen LogP contribution in [0, 0.1) is 17.7 Å². The van der Waals surface area contributed by atoms with Gasteiger partial charge in [0, 0.05) is 22.3 Å². The number of hydrogen-bond donors (Lipinski definition) is 1. The van der Waals surface area contributed by atoms with Crippen LogP contribution in [0.5, 0.6) is 0 Å². The van der Waals surface area contributed by atoms with E-state index in [2.05, 4.69) is 5.32 Å². The minimum atomic E-state index is -4.11. The average Bonchev–Trinajstić information content (AvgIpc) is 2.93. The van der Waals surface area contributed by atoms with Crippen molar-refractivity contribution in [3.63, 3.8) is 0 Å². The molecule has 1 aliphatic carbocycles. The molecule has 0 heterocycles. The van der Waals surface area contributed by atoms with Crippen molar-refractivity contribution >= 4 is 31.3 Å². The number of benzene rings is 1. The molecule has 7 heteroatoms. The highest BCUT2D eigenvalue weighted by Crippen LogP contribution is 2.38. The van der Waals surface area contributed by atoms with Crippen LogP contribution in [0.25, 0.3) is 0 Å². The standard InChI is InChI=1S/C11H11ClFNO3S/c1-6-4-8(6)11(15)14-7-2-3-10(9(13)5-7)18(12,16)17/h2-3,5-6,8H,4H2,1H3,(H,14,15). The minimum absolute atomic E-state index is 0.0375. The number of carbonyl (C=O) groups is 1. The molecule has 0 spiro atoms. The number of hydrogen-bond acceptors (Lipinski definition) is 3. The molecule has 2 rings (SSSR count). The number of nitrogens with one attached hydrogen (secondary N) is 1. The van der Waals surface area contributed by atoms with Crippen LogP contribution >= 0.6 is 10.7 Å². The number of halogens is 2. The van der Waals surface area contributed by atoms with E-state index in [4.69, 9.17) is 10.7 Å². The molecule has 0 radical (unpaired) electrons. The summed E-state index contributed by atoms with van der Waals surface area (Å²) in [6, 6.07) is 3.28. The van der Waals surface area contributed by atoms with Gasteiger partial charge >= 0.3 is 0 Å². The Morgan fingerprint density at radius 3 is 2.56 bits per heavy atom. The van der Waals surface area contributed by atoms with Gasteiger partial charge in [-0.15, -0.1) is 0 Å². The van der Waals surface area contributed by atoms with Crippen molar-refractivity contribution in [2.75, 3.05) is 5.32 Å². The van der Waals surface area contributed by atoms with Gasteiger partial charge < -0.3 is 5.32 Å². The topological polar surface area (TPSA) is 63.2 Å². The van der Waals surface area contributed by atoms with Gasteiger partial charge in [0.1, 0.15) is 10.7 Å². The van der Waals surface area contributed by atoms with E-state index in [1.165, 1.54) is 6.07 Å². The molecule has 98 valence electrons. The SMILES string of the molecule is CC1CC1C(=O)Nc1ccc(S(=O)(=O)Cl)c(F)c1. The Hall–Kier alpha value is -1.14. The monoisotopic (exact) mass is 291 g/mol. The van der Waals surface area contributed by atoms with E-state index in [9.17, 15) is 17.6 Å². The van der Waals surface area contributed by atoms with Gasteiger partial charge in [-0.25, -0.2) is 12.8 Å². The lowest BCUT2D eigenvalue weighted by molar-refractivity contribution is -0.117. The lowest BCUT2D eigenvalue weighted by atomic mass is 10.2. The molecule has 1 aliphatic rings. The van der Waals surface area contributed by atoms with E-state index in [0.29, 0.717) is 5.92 Å². The predicted octanol–water partition coefficient (Wildman–Crippen LogP) is 2.35. The first-order valence-corrected chi connectivity index (χ1v) is 7.65. The summed E-state index contributed by atoms with van der Waals surface area (Å²) < 4.78 is 35.4. The average molecular weight is 292 g/mol. The third-order valence-electron chi connectivity index (χ3n) is 2.91. The highest BCUT2D eigenvalue weighted by atomic mass is 35.7. The molecule has 4 nitrogen and oxygen atoms in total. The molecular formula is C11H11ClFNO3S. The second kappa shape index (κ2) is 4.51. The smallest absolute Gasteiger partial charge is 0.264 e. The molecule has 1 amide bonds.